The maximum atomic E-state index is 12.3. The number of hydrogen-bond acceptors (Lipinski definition) is 2. The summed E-state index contributed by atoms with van der Waals surface area (Å²) in [6.45, 7) is 1.99. The molecule has 0 spiro atoms. The van der Waals surface area contributed by atoms with Crippen LogP contribution >= 0.6 is 0 Å². The Morgan fingerprint density at radius 2 is 1.76 bits per heavy atom. The van der Waals surface area contributed by atoms with Gasteiger partial charge < -0.3 is 11.1 Å². The van der Waals surface area contributed by atoms with Crippen molar-refractivity contribution in [1.29, 1.82) is 5.41 Å². The Bertz CT molecular complexity index is 664. The summed E-state index contributed by atoms with van der Waals surface area (Å²) in [4.78, 5) is 13.7. The lowest BCUT2D eigenvalue weighted by molar-refractivity contribution is 0.258. The van der Waals surface area contributed by atoms with E-state index in [4.69, 9.17) is 11.1 Å². The van der Waals surface area contributed by atoms with E-state index in [2.05, 4.69) is 5.32 Å². The number of nitrogens with zero attached hydrogens (tertiary/aromatic N) is 1. The molecule has 0 aliphatic carbocycles. The van der Waals surface area contributed by atoms with E-state index in [-0.39, 0.29) is 11.9 Å². The molecular weight excluding hydrogens is 264 g/mol. The lowest BCUT2D eigenvalue weighted by atomic mass is 10.1. The van der Waals surface area contributed by atoms with Crippen LogP contribution in [0.1, 0.15) is 11.1 Å². The number of aryl methyl sites for hydroxylation is 1. The fourth-order valence-electron chi connectivity index (χ4n) is 1.95. The van der Waals surface area contributed by atoms with Crippen molar-refractivity contribution in [1.82, 2.24) is 0 Å². The lowest BCUT2D eigenvalue weighted by Crippen LogP contribution is -2.32. The molecule has 2 amide bonds. The van der Waals surface area contributed by atoms with Crippen LogP contribution in [0.2, 0.25) is 0 Å². The molecule has 0 heterocycles. The van der Waals surface area contributed by atoms with Gasteiger partial charge in [0.05, 0.1) is 5.69 Å². The number of nitrogen functional groups attached to an aromatic ring is 1. The molecule has 2 aromatic rings. The van der Waals surface area contributed by atoms with Crippen molar-refractivity contribution in [3.05, 3.63) is 59.7 Å². The third-order valence-electron chi connectivity index (χ3n) is 3.16. The van der Waals surface area contributed by atoms with Gasteiger partial charge >= 0.3 is 6.03 Å². The van der Waals surface area contributed by atoms with Crippen molar-refractivity contribution >= 4 is 23.2 Å². The number of anilines is 2. The van der Waals surface area contributed by atoms with Crippen molar-refractivity contribution in [3.63, 3.8) is 0 Å². The van der Waals surface area contributed by atoms with Crippen molar-refractivity contribution in [2.75, 3.05) is 17.3 Å². The highest BCUT2D eigenvalue weighted by Crippen LogP contribution is 2.20. The van der Waals surface area contributed by atoms with E-state index >= 15 is 0 Å². The molecule has 4 N–H and O–H groups in total. The smallest absolute Gasteiger partial charge is 0.326 e. The molecule has 108 valence electrons. The normalized spacial score (nSPS) is 10.0. The minimum atomic E-state index is -0.285. The maximum Gasteiger partial charge on any atom is 0.326 e. The zero-order chi connectivity index (χ0) is 15.4. The average molecular weight is 282 g/mol. The SMILES string of the molecule is Cc1ccc(NC(=O)N(C)c2ccccc2C(=N)N)cc1. The standard InChI is InChI=1S/C16H18N4O/c1-11-7-9-12(10-8-11)19-16(21)20(2)14-6-4-3-5-13(14)15(17)18/h3-10H,1-2H3,(H3,17,18)(H,19,21). The van der Waals surface area contributed by atoms with Crippen LogP contribution in [0.4, 0.5) is 16.2 Å². The second kappa shape index (κ2) is 6.09. The van der Waals surface area contributed by atoms with Gasteiger partial charge in [-0.05, 0) is 31.2 Å². The summed E-state index contributed by atoms with van der Waals surface area (Å²) < 4.78 is 0. The molecule has 0 unspecified atom stereocenters. The number of amides is 2. The van der Waals surface area contributed by atoms with E-state index in [0.717, 1.165) is 11.3 Å². The molecule has 0 bridgehead atoms. The summed E-state index contributed by atoms with van der Waals surface area (Å²) in [5, 5.41) is 10.4. The molecule has 0 aromatic heterocycles. The summed E-state index contributed by atoms with van der Waals surface area (Å²) in [6, 6.07) is 14.3. The summed E-state index contributed by atoms with van der Waals surface area (Å²) in [5.74, 6) is -0.0689. The molecule has 0 radical (unpaired) electrons. The number of nitrogens with two attached hydrogens (primary N) is 1. The second-order valence-electron chi connectivity index (χ2n) is 4.79. The Morgan fingerprint density at radius 3 is 2.38 bits per heavy atom. The first-order valence-electron chi connectivity index (χ1n) is 6.54. The van der Waals surface area contributed by atoms with Gasteiger partial charge in [-0.1, -0.05) is 29.8 Å². The number of hydrogen-bond donors (Lipinski definition) is 3. The Morgan fingerprint density at radius 1 is 1.14 bits per heavy atom. The minimum absolute atomic E-state index is 0.0689. The van der Waals surface area contributed by atoms with Crippen LogP contribution < -0.4 is 16.0 Å². The van der Waals surface area contributed by atoms with Crippen LogP contribution in [0.3, 0.4) is 0 Å². The number of nitrogens with one attached hydrogen (secondary N) is 2. The molecule has 0 atom stereocenters. The molecule has 0 aliphatic heterocycles. The van der Waals surface area contributed by atoms with Gasteiger partial charge in [-0.2, -0.15) is 0 Å². The Hall–Kier alpha value is -2.82. The molecule has 0 fully saturated rings. The minimum Gasteiger partial charge on any atom is -0.384 e. The first-order chi connectivity index (χ1) is 9.99. The number of urea groups is 1. The quantitative estimate of drug-likeness (QED) is 0.597. The van der Waals surface area contributed by atoms with Crippen molar-refractivity contribution in [2.45, 2.75) is 6.92 Å². The van der Waals surface area contributed by atoms with E-state index in [0.29, 0.717) is 11.3 Å². The van der Waals surface area contributed by atoms with E-state index < -0.39 is 0 Å². The topological polar surface area (TPSA) is 82.2 Å². The van der Waals surface area contributed by atoms with Gasteiger partial charge in [0.2, 0.25) is 0 Å². The van der Waals surface area contributed by atoms with E-state index in [1.54, 1.807) is 31.3 Å². The van der Waals surface area contributed by atoms with E-state index in [1.165, 1.54) is 4.90 Å². The Labute approximate surface area is 123 Å². The predicted molar refractivity (Wildman–Crippen MR) is 86.1 cm³/mol. The number of amidine groups is 1. The monoisotopic (exact) mass is 282 g/mol. The third-order valence-corrected chi connectivity index (χ3v) is 3.16. The van der Waals surface area contributed by atoms with Crippen LogP contribution in [-0.4, -0.2) is 18.9 Å². The first-order valence-corrected chi connectivity index (χ1v) is 6.54. The lowest BCUT2D eigenvalue weighted by Gasteiger charge is -2.20. The number of carbonyl (C=O) groups excluding carboxylic acids is 1. The second-order valence-corrected chi connectivity index (χ2v) is 4.79. The van der Waals surface area contributed by atoms with Gasteiger partial charge in [0, 0.05) is 18.3 Å². The van der Waals surface area contributed by atoms with E-state index in [1.807, 2.05) is 31.2 Å². The molecule has 0 saturated heterocycles. The van der Waals surface area contributed by atoms with Gasteiger partial charge in [0.25, 0.3) is 0 Å². The zero-order valence-corrected chi connectivity index (χ0v) is 12.1. The molecule has 0 aliphatic rings. The van der Waals surface area contributed by atoms with Gasteiger partial charge in [-0.15, -0.1) is 0 Å². The number of rotatable bonds is 3. The highest BCUT2D eigenvalue weighted by Gasteiger charge is 2.15. The molecule has 5 heteroatoms. The van der Waals surface area contributed by atoms with Gasteiger partial charge in [-0.3, -0.25) is 10.3 Å². The highest BCUT2D eigenvalue weighted by atomic mass is 16.2. The molecule has 2 rings (SSSR count). The summed E-state index contributed by atoms with van der Waals surface area (Å²) in [6.07, 6.45) is 0. The van der Waals surface area contributed by atoms with Crippen LogP contribution in [0.15, 0.2) is 48.5 Å². The van der Waals surface area contributed by atoms with Gasteiger partial charge in [-0.25, -0.2) is 4.79 Å². The van der Waals surface area contributed by atoms with Crippen LogP contribution in [0.5, 0.6) is 0 Å². The number of benzene rings is 2. The van der Waals surface area contributed by atoms with Crippen LogP contribution in [0.25, 0.3) is 0 Å². The molecule has 21 heavy (non-hydrogen) atoms. The summed E-state index contributed by atoms with van der Waals surface area (Å²) in [7, 11) is 1.64. The van der Waals surface area contributed by atoms with Crippen LogP contribution in [0, 0.1) is 12.3 Å². The fourth-order valence-corrected chi connectivity index (χ4v) is 1.95. The average Bonchev–Trinajstić information content (AvgIpc) is 2.48. The molecular formula is C16H18N4O. The Kier molecular flexibility index (Phi) is 4.23. The summed E-state index contributed by atoms with van der Waals surface area (Å²) in [5.41, 5.74) is 8.51. The first kappa shape index (κ1) is 14.6. The molecule has 0 saturated carbocycles. The van der Waals surface area contributed by atoms with Gasteiger partial charge in [0.1, 0.15) is 5.84 Å². The number of para-hydroxylation sites is 1. The largest absolute Gasteiger partial charge is 0.384 e. The summed E-state index contributed by atoms with van der Waals surface area (Å²) >= 11 is 0. The molecule has 2 aromatic carbocycles. The maximum absolute atomic E-state index is 12.3. The highest BCUT2D eigenvalue weighted by molar-refractivity contribution is 6.07. The van der Waals surface area contributed by atoms with Crippen molar-refractivity contribution in [2.24, 2.45) is 5.73 Å². The Balaban J connectivity index is 2.20. The van der Waals surface area contributed by atoms with Gasteiger partial charge in [0.15, 0.2) is 0 Å². The van der Waals surface area contributed by atoms with Crippen LogP contribution in [-0.2, 0) is 0 Å². The predicted octanol–water partition coefficient (Wildman–Crippen LogP) is 2.95. The fraction of sp³-hybridized carbons (Fsp3) is 0.125. The van der Waals surface area contributed by atoms with Crippen molar-refractivity contribution < 1.29 is 4.79 Å². The molecule has 5 nitrogen and oxygen atoms in total. The number of carbonyl (C=O) groups is 1. The zero-order valence-electron chi connectivity index (χ0n) is 12.1. The third kappa shape index (κ3) is 3.39. The van der Waals surface area contributed by atoms with E-state index in [9.17, 15) is 4.79 Å². The van der Waals surface area contributed by atoms with Crippen molar-refractivity contribution in [3.8, 4) is 0 Å².